The molecule has 2 aromatic rings. The van der Waals surface area contributed by atoms with E-state index in [9.17, 15) is 4.79 Å². The first-order valence-electron chi connectivity index (χ1n) is 7.86. The third kappa shape index (κ3) is 3.26. The molecule has 1 aromatic carbocycles. The summed E-state index contributed by atoms with van der Waals surface area (Å²) in [5, 5.41) is 0. The van der Waals surface area contributed by atoms with Crippen LogP contribution in [0.15, 0.2) is 24.3 Å². The summed E-state index contributed by atoms with van der Waals surface area (Å²) in [5.74, 6) is 1.78. The Morgan fingerprint density at radius 3 is 2.76 bits per heavy atom. The van der Waals surface area contributed by atoms with E-state index in [2.05, 4.69) is 16.0 Å². The van der Waals surface area contributed by atoms with Gasteiger partial charge in [0, 0.05) is 6.42 Å². The molecule has 0 aliphatic heterocycles. The van der Waals surface area contributed by atoms with Crippen LogP contribution in [0.4, 0.5) is 0 Å². The lowest BCUT2D eigenvalue weighted by Gasteiger charge is -2.26. The highest BCUT2D eigenvalue weighted by Gasteiger charge is 2.27. The molecule has 4 heteroatoms. The van der Waals surface area contributed by atoms with Gasteiger partial charge in [-0.1, -0.05) is 12.1 Å². The third-order valence-corrected chi connectivity index (χ3v) is 4.39. The van der Waals surface area contributed by atoms with Gasteiger partial charge in [0.2, 0.25) is 0 Å². The number of carbonyl (C=O) groups excluding carboxylic acids is 1. The molecule has 112 valence electrons. The van der Waals surface area contributed by atoms with Gasteiger partial charge in [0.05, 0.1) is 23.6 Å². The molecular formula is C17H22N2O2. The number of H-pyrrole nitrogens is 1. The third-order valence-electron chi connectivity index (χ3n) is 4.39. The fourth-order valence-electron chi connectivity index (χ4n) is 3.24. The Labute approximate surface area is 124 Å². The van der Waals surface area contributed by atoms with Crippen LogP contribution >= 0.6 is 0 Å². The molecule has 1 heterocycles. The van der Waals surface area contributed by atoms with Crippen LogP contribution in [0.3, 0.4) is 0 Å². The molecule has 0 atom stereocenters. The van der Waals surface area contributed by atoms with Crippen LogP contribution in [-0.2, 0) is 16.0 Å². The quantitative estimate of drug-likeness (QED) is 0.875. The van der Waals surface area contributed by atoms with E-state index < -0.39 is 0 Å². The van der Waals surface area contributed by atoms with Crippen molar-refractivity contribution in [3.8, 4) is 0 Å². The fourth-order valence-corrected chi connectivity index (χ4v) is 3.24. The molecule has 1 aliphatic rings. The molecule has 1 saturated carbocycles. The normalized spacial score (nSPS) is 22.3. The van der Waals surface area contributed by atoms with E-state index in [4.69, 9.17) is 4.74 Å². The van der Waals surface area contributed by atoms with E-state index in [1.807, 2.05) is 25.1 Å². The molecule has 1 aromatic heterocycles. The van der Waals surface area contributed by atoms with Crippen molar-refractivity contribution in [3.05, 3.63) is 30.1 Å². The molecular weight excluding hydrogens is 264 g/mol. The van der Waals surface area contributed by atoms with E-state index in [-0.39, 0.29) is 11.9 Å². The van der Waals surface area contributed by atoms with Crippen LogP contribution in [0.1, 0.15) is 38.4 Å². The first kappa shape index (κ1) is 14.1. The molecule has 3 rings (SSSR count). The first-order chi connectivity index (χ1) is 10.3. The van der Waals surface area contributed by atoms with Crippen LogP contribution in [0, 0.1) is 11.8 Å². The number of benzene rings is 1. The van der Waals surface area contributed by atoms with Gasteiger partial charge in [-0.25, -0.2) is 4.98 Å². The summed E-state index contributed by atoms with van der Waals surface area (Å²) in [5.41, 5.74) is 2.14. The fraction of sp³-hybridized carbons (Fsp3) is 0.529. The molecule has 1 N–H and O–H groups in total. The number of hydrogen-bond donors (Lipinski definition) is 1. The zero-order valence-corrected chi connectivity index (χ0v) is 12.5. The van der Waals surface area contributed by atoms with Gasteiger partial charge in [0.15, 0.2) is 0 Å². The van der Waals surface area contributed by atoms with Crippen molar-refractivity contribution in [3.63, 3.8) is 0 Å². The summed E-state index contributed by atoms with van der Waals surface area (Å²) < 4.78 is 5.12. The molecule has 1 aliphatic carbocycles. The van der Waals surface area contributed by atoms with E-state index in [0.717, 1.165) is 49.0 Å². The average Bonchev–Trinajstić information content (AvgIpc) is 2.90. The molecule has 0 saturated heterocycles. The Balaban J connectivity index is 1.56. The van der Waals surface area contributed by atoms with Crippen molar-refractivity contribution in [2.45, 2.75) is 39.0 Å². The molecule has 4 nitrogen and oxygen atoms in total. The Morgan fingerprint density at radius 2 is 2.05 bits per heavy atom. The zero-order valence-electron chi connectivity index (χ0n) is 12.5. The van der Waals surface area contributed by atoms with E-state index in [1.54, 1.807) is 0 Å². The van der Waals surface area contributed by atoms with Crippen LogP contribution < -0.4 is 0 Å². The topological polar surface area (TPSA) is 55.0 Å². The second-order valence-corrected chi connectivity index (χ2v) is 5.87. The number of rotatable bonds is 4. The van der Waals surface area contributed by atoms with Crippen molar-refractivity contribution in [1.82, 2.24) is 9.97 Å². The van der Waals surface area contributed by atoms with Crippen LogP contribution in [0.2, 0.25) is 0 Å². The van der Waals surface area contributed by atoms with Crippen molar-refractivity contribution >= 4 is 17.0 Å². The van der Waals surface area contributed by atoms with Gasteiger partial charge < -0.3 is 9.72 Å². The lowest BCUT2D eigenvalue weighted by atomic mass is 9.80. The average molecular weight is 286 g/mol. The lowest BCUT2D eigenvalue weighted by Crippen LogP contribution is -2.24. The SMILES string of the molecule is CCOC(=O)C1CCC(Cc2nc3ccccc3[nH]2)CC1. The molecule has 21 heavy (non-hydrogen) atoms. The second-order valence-electron chi connectivity index (χ2n) is 5.87. The largest absolute Gasteiger partial charge is 0.466 e. The Bertz CT molecular complexity index is 579. The highest BCUT2D eigenvalue weighted by Crippen LogP contribution is 2.31. The van der Waals surface area contributed by atoms with E-state index >= 15 is 0 Å². The molecule has 0 unspecified atom stereocenters. The summed E-state index contributed by atoms with van der Waals surface area (Å²) in [6.07, 6.45) is 5.04. The summed E-state index contributed by atoms with van der Waals surface area (Å²) in [6, 6.07) is 8.13. The Hall–Kier alpha value is -1.84. The number of nitrogens with one attached hydrogen (secondary N) is 1. The monoisotopic (exact) mass is 286 g/mol. The van der Waals surface area contributed by atoms with Crippen molar-refractivity contribution in [2.75, 3.05) is 6.61 Å². The van der Waals surface area contributed by atoms with Gasteiger partial charge >= 0.3 is 5.97 Å². The smallest absolute Gasteiger partial charge is 0.308 e. The molecule has 0 radical (unpaired) electrons. The van der Waals surface area contributed by atoms with Crippen LogP contribution in [0.25, 0.3) is 11.0 Å². The summed E-state index contributed by atoms with van der Waals surface area (Å²) in [7, 11) is 0. The molecule has 0 amide bonds. The van der Waals surface area contributed by atoms with Gasteiger partial charge in [-0.15, -0.1) is 0 Å². The number of fused-ring (bicyclic) bond motifs is 1. The number of para-hydroxylation sites is 2. The minimum absolute atomic E-state index is 0.0142. The van der Waals surface area contributed by atoms with Gasteiger partial charge in [0.1, 0.15) is 5.82 Å². The van der Waals surface area contributed by atoms with E-state index in [0.29, 0.717) is 12.5 Å². The van der Waals surface area contributed by atoms with Crippen molar-refractivity contribution < 1.29 is 9.53 Å². The number of aromatic amines is 1. The van der Waals surface area contributed by atoms with Crippen LogP contribution in [0.5, 0.6) is 0 Å². The number of ether oxygens (including phenoxy) is 1. The molecule has 0 spiro atoms. The minimum atomic E-state index is -0.0142. The van der Waals surface area contributed by atoms with Crippen LogP contribution in [-0.4, -0.2) is 22.5 Å². The summed E-state index contributed by atoms with van der Waals surface area (Å²) in [6.45, 7) is 2.35. The molecule has 1 fully saturated rings. The van der Waals surface area contributed by atoms with Crippen molar-refractivity contribution in [2.24, 2.45) is 11.8 Å². The van der Waals surface area contributed by atoms with E-state index in [1.165, 1.54) is 0 Å². The summed E-state index contributed by atoms with van der Waals surface area (Å²) in [4.78, 5) is 19.8. The number of aromatic nitrogens is 2. The number of carbonyl (C=O) groups is 1. The number of nitrogens with zero attached hydrogens (tertiary/aromatic N) is 1. The maximum atomic E-state index is 11.7. The number of esters is 1. The standard InChI is InChI=1S/C17H22N2O2/c1-2-21-17(20)13-9-7-12(8-10-13)11-16-18-14-5-3-4-6-15(14)19-16/h3-6,12-13H,2,7-11H2,1H3,(H,18,19). The summed E-state index contributed by atoms with van der Waals surface area (Å²) >= 11 is 0. The highest BCUT2D eigenvalue weighted by atomic mass is 16.5. The van der Waals surface area contributed by atoms with Gasteiger partial charge in [0.25, 0.3) is 0 Å². The Morgan fingerprint density at radius 1 is 1.29 bits per heavy atom. The maximum absolute atomic E-state index is 11.7. The van der Waals surface area contributed by atoms with Gasteiger partial charge in [-0.2, -0.15) is 0 Å². The second kappa shape index (κ2) is 6.29. The highest BCUT2D eigenvalue weighted by molar-refractivity contribution is 5.74. The first-order valence-corrected chi connectivity index (χ1v) is 7.86. The molecule has 0 bridgehead atoms. The number of imidazole rings is 1. The Kier molecular flexibility index (Phi) is 4.23. The van der Waals surface area contributed by atoms with Crippen molar-refractivity contribution in [1.29, 1.82) is 0 Å². The number of hydrogen-bond acceptors (Lipinski definition) is 3. The van der Waals surface area contributed by atoms with Gasteiger partial charge in [-0.3, -0.25) is 4.79 Å². The maximum Gasteiger partial charge on any atom is 0.308 e. The van der Waals surface area contributed by atoms with Gasteiger partial charge in [-0.05, 0) is 50.7 Å². The minimum Gasteiger partial charge on any atom is -0.466 e. The zero-order chi connectivity index (χ0) is 14.7. The lowest BCUT2D eigenvalue weighted by molar-refractivity contribution is -0.149. The predicted octanol–water partition coefficient (Wildman–Crippen LogP) is 3.47. The predicted molar refractivity (Wildman–Crippen MR) is 81.9 cm³/mol.